The fourth-order valence-corrected chi connectivity index (χ4v) is 5.11. The van der Waals surface area contributed by atoms with E-state index in [0.29, 0.717) is 11.2 Å². The van der Waals surface area contributed by atoms with Crippen LogP contribution in [0.25, 0.3) is 22.6 Å². The molecule has 1 aliphatic rings. The number of nitrogens with one attached hydrogen (secondary N) is 1. The third kappa shape index (κ3) is 5.79. The summed E-state index contributed by atoms with van der Waals surface area (Å²) in [5, 5.41) is 7.53. The molecule has 2 amide bonds. The number of amides is 2. The maximum absolute atomic E-state index is 13.2. The maximum atomic E-state index is 13.2. The number of ether oxygens (including phenoxy) is 2. The number of methoxy groups -OCH3 is 1. The molecule has 0 spiro atoms. The highest BCUT2D eigenvalue weighted by Gasteiger charge is 2.42. The molecule has 0 radical (unpaired) electrons. The lowest BCUT2D eigenvalue weighted by molar-refractivity contribution is -0.145. The second-order valence-electron chi connectivity index (χ2n) is 11.3. The fourth-order valence-electron chi connectivity index (χ4n) is 5.11. The van der Waals surface area contributed by atoms with Gasteiger partial charge in [0, 0.05) is 42.0 Å². The summed E-state index contributed by atoms with van der Waals surface area (Å²) in [6.07, 6.45) is 3.17. The quantitative estimate of drug-likeness (QED) is 0.367. The molecule has 3 aromatic heterocycles. The zero-order chi connectivity index (χ0) is 29.5. The van der Waals surface area contributed by atoms with Crippen LogP contribution in [0.3, 0.4) is 0 Å². The van der Waals surface area contributed by atoms with Gasteiger partial charge >= 0.3 is 12.1 Å². The van der Waals surface area contributed by atoms with Crippen LogP contribution in [0, 0.1) is 13.8 Å². The predicted octanol–water partition coefficient (Wildman–Crippen LogP) is 4.08. The molecule has 1 N–H and O–H groups in total. The lowest BCUT2D eigenvalue weighted by Gasteiger charge is -2.27. The third-order valence-electron chi connectivity index (χ3n) is 6.91. The van der Waals surface area contributed by atoms with Gasteiger partial charge in [-0.15, -0.1) is 0 Å². The van der Waals surface area contributed by atoms with Crippen LogP contribution < -0.4 is 5.32 Å². The van der Waals surface area contributed by atoms with Crippen LogP contribution in [-0.2, 0) is 14.3 Å². The van der Waals surface area contributed by atoms with Crippen molar-refractivity contribution in [1.82, 2.24) is 29.4 Å². The third-order valence-corrected chi connectivity index (χ3v) is 6.91. The molecule has 0 aliphatic carbocycles. The Labute approximate surface area is 238 Å². The smallest absolute Gasteiger partial charge is 0.411 e. The number of aromatic nitrogens is 4. The Hall–Kier alpha value is -4.67. The number of imidazole rings is 1. The molecule has 4 heterocycles. The van der Waals surface area contributed by atoms with Gasteiger partial charge in [0.15, 0.2) is 0 Å². The Kier molecular flexibility index (Phi) is 7.29. The second-order valence-corrected chi connectivity index (χ2v) is 11.3. The van der Waals surface area contributed by atoms with Gasteiger partial charge in [-0.25, -0.2) is 19.3 Å². The van der Waals surface area contributed by atoms with Crippen molar-refractivity contribution in [2.75, 3.05) is 13.7 Å². The van der Waals surface area contributed by atoms with Crippen LogP contribution in [0.2, 0.25) is 0 Å². The summed E-state index contributed by atoms with van der Waals surface area (Å²) in [6, 6.07) is 12.2. The van der Waals surface area contributed by atoms with E-state index in [9.17, 15) is 14.4 Å². The molecular formula is C30H34N6O5. The molecule has 0 saturated carbocycles. The van der Waals surface area contributed by atoms with Crippen molar-refractivity contribution in [2.24, 2.45) is 0 Å². The zero-order valence-electron chi connectivity index (χ0n) is 24.0. The van der Waals surface area contributed by atoms with Crippen molar-refractivity contribution in [2.45, 2.75) is 58.7 Å². The Balaban J connectivity index is 1.33. The summed E-state index contributed by atoms with van der Waals surface area (Å²) < 4.78 is 14.2. The summed E-state index contributed by atoms with van der Waals surface area (Å²) in [5.74, 6) is -0.885. The maximum Gasteiger partial charge on any atom is 0.411 e. The van der Waals surface area contributed by atoms with E-state index in [2.05, 4.69) is 21.5 Å². The number of benzene rings is 1. The van der Waals surface area contributed by atoms with E-state index in [-0.39, 0.29) is 18.9 Å². The fraction of sp³-hybridized carbons (Fsp3) is 0.367. The molecular weight excluding hydrogens is 524 g/mol. The molecule has 1 aromatic carbocycles. The number of carbonyl (C=O) groups excluding carboxylic acids is 3. The van der Waals surface area contributed by atoms with Crippen LogP contribution in [-0.4, -0.2) is 73.4 Å². The van der Waals surface area contributed by atoms with Crippen molar-refractivity contribution in [3.63, 3.8) is 0 Å². The number of esters is 1. The molecule has 2 atom stereocenters. The van der Waals surface area contributed by atoms with Gasteiger partial charge in [-0.2, -0.15) is 5.10 Å². The first-order chi connectivity index (χ1) is 19.4. The number of nitrogens with zero attached hydrogens (tertiary/aromatic N) is 5. The Morgan fingerprint density at radius 2 is 1.85 bits per heavy atom. The molecule has 1 aliphatic heterocycles. The monoisotopic (exact) mass is 558 g/mol. The lowest BCUT2D eigenvalue weighted by atomic mass is 10.1. The van der Waals surface area contributed by atoms with Gasteiger partial charge in [0.2, 0.25) is 0 Å². The molecule has 214 valence electrons. The van der Waals surface area contributed by atoms with Crippen LogP contribution in [0.15, 0.2) is 54.9 Å². The van der Waals surface area contributed by atoms with Gasteiger partial charge < -0.3 is 14.8 Å². The van der Waals surface area contributed by atoms with Gasteiger partial charge in [0.05, 0.1) is 30.4 Å². The van der Waals surface area contributed by atoms with E-state index >= 15 is 0 Å². The van der Waals surface area contributed by atoms with E-state index in [1.165, 1.54) is 12.0 Å². The highest BCUT2D eigenvalue weighted by molar-refractivity contribution is 5.95. The van der Waals surface area contributed by atoms with Gasteiger partial charge in [-0.3, -0.25) is 14.1 Å². The average Bonchev–Trinajstić information content (AvgIpc) is 3.63. The minimum atomic E-state index is -0.845. The Bertz CT molecular complexity index is 1630. The molecule has 11 nitrogen and oxygen atoms in total. The van der Waals surface area contributed by atoms with Crippen LogP contribution in [0.4, 0.5) is 4.79 Å². The molecule has 4 aromatic rings. The van der Waals surface area contributed by atoms with Crippen LogP contribution >= 0.6 is 0 Å². The Morgan fingerprint density at radius 3 is 2.54 bits per heavy atom. The number of fused-ring (bicyclic) bond motifs is 1. The first-order valence-electron chi connectivity index (χ1n) is 13.4. The summed E-state index contributed by atoms with van der Waals surface area (Å²) in [7, 11) is 1.27. The molecule has 5 rings (SSSR count). The summed E-state index contributed by atoms with van der Waals surface area (Å²) in [6.45, 7) is 9.37. The number of rotatable bonds is 5. The minimum absolute atomic E-state index is 0.127. The molecule has 41 heavy (non-hydrogen) atoms. The van der Waals surface area contributed by atoms with Crippen LogP contribution in [0.1, 0.15) is 48.9 Å². The van der Waals surface area contributed by atoms with Gasteiger partial charge in [0.1, 0.15) is 17.3 Å². The first-order valence-corrected chi connectivity index (χ1v) is 13.4. The number of likely N-dealkylation sites (tertiary alicyclic amines) is 1. The van der Waals surface area contributed by atoms with Crippen molar-refractivity contribution >= 4 is 23.6 Å². The molecule has 0 unspecified atom stereocenters. The van der Waals surface area contributed by atoms with Crippen molar-refractivity contribution in [3.05, 3.63) is 71.8 Å². The summed E-state index contributed by atoms with van der Waals surface area (Å²) >= 11 is 0. The SMILES string of the molecule is COC(=O)[C@H]1C[C@H](NC(=O)c2ccn3c(-c4cccc(-n5nc(C)cc5C)c4)cnc3c2)CN1C(=O)OC(C)(C)C. The Morgan fingerprint density at radius 1 is 1.07 bits per heavy atom. The number of pyridine rings is 1. The van der Waals surface area contributed by atoms with Gasteiger partial charge in [0.25, 0.3) is 5.91 Å². The van der Waals surface area contributed by atoms with Gasteiger partial charge in [-0.1, -0.05) is 12.1 Å². The zero-order valence-corrected chi connectivity index (χ0v) is 24.0. The number of hydrogen-bond acceptors (Lipinski definition) is 7. The minimum Gasteiger partial charge on any atom is -0.467 e. The van der Waals surface area contributed by atoms with Crippen molar-refractivity contribution in [1.29, 1.82) is 0 Å². The standard InChI is InChI=1S/C30H34N6O5/c1-18-12-19(2)36(33-18)23-9-7-8-20(13-23)25-16-31-26-14-21(10-11-34(25)26)27(37)32-22-15-24(28(38)40-6)35(17-22)29(39)41-30(3,4)5/h7-14,16,22,24H,15,17H2,1-6H3,(H,32,37)/t22-,24+/m0/s1. The summed E-state index contributed by atoms with van der Waals surface area (Å²) in [5.41, 5.74) is 5.07. The largest absolute Gasteiger partial charge is 0.467 e. The van der Waals surface area contributed by atoms with Gasteiger partial charge in [-0.05, 0) is 65.0 Å². The van der Waals surface area contributed by atoms with Crippen molar-refractivity contribution in [3.8, 4) is 16.9 Å². The highest BCUT2D eigenvalue weighted by atomic mass is 16.6. The summed E-state index contributed by atoms with van der Waals surface area (Å²) in [4.78, 5) is 44.2. The molecule has 1 saturated heterocycles. The van der Waals surface area contributed by atoms with E-state index in [1.807, 2.05) is 53.4 Å². The van der Waals surface area contributed by atoms with Crippen LogP contribution in [0.5, 0.6) is 0 Å². The van der Waals surface area contributed by atoms with E-state index in [0.717, 1.165) is 28.3 Å². The number of aryl methyl sites for hydroxylation is 2. The normalized spacial score (nSPS) is 17.1. The topological polar surface area (TPSA) is 120 Å². The molecule has 0 bridgehead atoms. The van der Waals surface area contributed by atoms with Crippen molar-refractivity contribution < 1.29 is 23.9 Å². The second kappa shape index (κ2) is 10.7. The predicted molar refractivity (Wildman–Crippen MR) is 152 cm³/mol. The first kappa shape index (κ1) is 27.9. The highest BCUT2D eigenvalue weighted by Crippen LogP contribution is 2.26. The van der Waals surface area contributed by atoms with E-state index in [4.69, 9.17) is 9.47 Å². The number of hydrogen-bond donors (Lipinski definition) is 1. The molecule has 11 heteroatoms. The lowest BCUT2D eigenvalue weighted by Crippen LogP contribution is -2.44. The van der Waals surface area contributed by atoms with E-state index < -0.39 is 29.7 Å². The number of carbonyl (C=O) groups is 3. The van der Waals surface area contributed by atoms with E-state index in [1.54, 1.807) is 39.1 Å². The molecule has 1 fully saturated rings. The average molecular weight is 559 g/mol.